The molecule has 4 heteroatoms. The van der Waals surface area contributed by atoms with E-state index in [1.165, 1.54) is 37.9 Å². The molecule has 5 atom stereocenters. The maximum absolute atomic E-state index is 13.1. The Balaban J connectivity index is 1.47. The summed E-state index contributed by atoms with van der Waals surface area (Å²) in [6.07, 6.45) is 7.83. The molecule has 4 rings (SSSR count). The van der Waals surface area contributed by atoms with Gasteiger partial charge in [-0.3, -0.25) is 4.79 Å². The first-order valence-electron chi connectivity index (χ1n) is 7.65. The zero-order chi connectivity index (χ0) is 13.7. The largest absolute Gasteiger partial charge is 0.349 e. The Hall–Kier alpha value is -1.45. The van der Waals surface area contributed by atoms with Crippen molar-refractivity contribution in [3.8, 4) is 0 Å². The number of rotatable bonds is 2. The minimum Gasteiger partial charge on any atom is -0.349 e. The van der Waals surface area contributed by atoms with Gasteiger partial charge in [-0.15, -0.1) is 0 Å². The molecule has 0 radical (unpaired) electrons. The van der Waals surface area contributed by atoms with Gasteiger partial charge in [0.05, 0.1) is 0 Å². The van der Waals surface area contributed by atoms with E-state index in [-0.39, 0.29) is 5.91 Å². The van der Waals surface area contributed by atoms with Crippen LogP contribution in [0.25, 0.3) is 0 Å². The molecule has 3 saturated carbocycles. The maximum Gasteiger partial charge on any atom is 0.251 e. The summed E-state index contributed by atoms with van der Waals surface area (Å²) < 4.78 is 13.1. The highest BCUT2D eigenvalue weighted by Gasteiger charge is 2.54. The second kappa shape index (κ2) is 4.54. The number of hydrogen-bond acceptors (Lipinski definition) is 2. The van der Waals surface area contributed by atoms with E-state index in [1.807, 2.05) is 0 Å². The molecular formula is C16H19FN2O. The Morgan fingerprint density at radius 1 is 1.25 bits per heavy atom. The SMILES string of the molecule is O=C(N[C@H]1C[C@H]2C[C@@H]1[C@H]1CCC[C@H]21)c1ccnc(F)c1. The second-order valence-corrected chi connectivity index (χ2v) is 6.60. The lowest BCUT2D eigenvalue weighted by atomic mass is 9.79. The smallest absolute Gasteiger partial charge is 0.251 e. The molecule has 3 aliphatic carbocycles. The van der Waals surface area contributed by atoms with Crippen LogP contribution in [0.1, 0.15) is 42.5 Å². The van der Waals surface area contributed by atoms with Crippen molar-refractivity contribution in [2.45, 2.75) is 38.1 Å². The minimum absolute atomic E-state index is 0.154. The van der Waals surface area contributed by atoms with Gasteiger partial charge in [0.2, 0.25) is 5.95 Å². The van der Waals surface area contributed by atoms with E-state index in [9.17, 15) is 9.18 Å². The molecule has 1 heterocycles. The van der Waals surface area contributed by atoms with E-state index in [0.29, 0.717) is 17.5 Å². The summed E-state index contributed by atoms with van der Waals surface area (Å²) in [7, 11) is 0. The van der Waals surface area contributed by atoms with Crippen molar-refractivity contribution in [1.29, 1.82) is 0 Å². The summed E-state index contributed by atoms with van der Waals surface area (Å²) in [5.74, 6) is 2.47. The maximum atomic E-state index is 13.1. The molecule has 0 unspecified atom stereocenters. The van der Waals surface area contributed by atoms with Crippen LogP contribution in [-0.2, 0) is 0 Å². The number of carbonyl (C=O) groups is 1. The summed E-state index contributed by atoms with van der Waals surface area (Å²) in [5.41, 5.74) is 0.378. The van der Waals surface area contributed by atoms with Crippen molar-refractivity contribution < 1.29 is 9.18 Å². The molecule has 0 aromatic carbocycles. The van der Waals surface area contributed by atoms with Gasteiger partial charge in [-0.25, -0.2) is 4.98 Å². The Labute approximate surface area is 118 Å². The van der Waals surface area contributed by atoms with Crippen LogP contribution in [-0.4, -0.2) is 16.9 Å². The van der Waals surface area contributed by atoms with Crippen molar-refractivity contribution in [3.63, 3.8) is 0 Å². The van der Waals surface area contributed by atoms with Crippen molar-refractivity contribution in [1.82, 2.24) is 10.3 Å². The fourth-order valence-corrected chi connectivity index (χ4v) is 5.03. The quantitative estimate of drug-likeness (QED) is 0.843. The van der Waals surface area contributed by atoms with E-state index >= 15 is 0 Å². The first-order chi connectivity index (χ1) is 9.72. The van der Waals surface area contributed by atoms with Crippen molar-refractivity contribution in [3.05, 3.63) is 29.8 Å². The summed E-state index contributed by atoms with van der Waals surface area (Å²) in [4.78, 5) is 15.7. The van der Waals surface area contributed by atoms with E-state index in [2.05, 4.69) is 10.3 Å². The van der Waals surface area contributed by atoms with Crippen LogP contribution in [0.2, 0.25) is 0 Å². The lowest BCUT2D eigenvalue weighted by molar-refractivity contribution is 0.0900. The molecule has 1 amide bonds. The van der Waals surface area contributed by atoms with E-state index in [4.69, 9.17) is 0 Å². The van der Waals surface area contributed by atoms with E-state index in [1.54, 1.807) is 6.07 Å². The molecule has 1 N–H and O–H groups in total. The van der Waals surface area contributed by atoms with Crippen LogP contribution < -0.4 is 5.32 Å². The first-order valence-corrected chi connectivity index (χ1v) is 7.65. The zero-order valence-electron chi connectivity index (χ0n) is 11.4. The number of aromatic nitrogens is 1. The van der Waals surface area contributed by atoms with Crippen LogP contribution >= 0.6 is 0 Å². The van der Waals surface area contributed by atoms with Gasteiger partial charge >= 0.3 is 0 Å². The number of amides is 1. The summed E-state index contributed by atoms with van der Waals surface area (Å²) in [6.45, 7) is 0. The van der Waals surface area contributed by atoms with Gasteiger partial charge in [-0.05, 0) is 55.4 Å². The number of nitrogens with zero attached hydrogens (tertiary/aromatic N) is 1. The number of carbonyl (C=O) groups excluding carboxylic acids is 1. The molecular weight excluding hydrogens is 255 g/mol. The highest BCUT2D eigenvalue weighted by Crippen LogP contribution is 2.58. The van der Waals surface area contributed by atoms with Crippen LogP contribution in [0.4, 0.5) is 4.39 Å². The number of fused-ring (bicyclic) bond motifs is 5. The molecule has 20 heavy (non-hydrogen) atoms. The third-order valence-electron chi connectivity index (χ3n) is 5.73. The predicted molar refractivity (Wildman–Crippen MR) is 72.5 cm³/mol. The summed E-state index contributed by atoms with van der Waals surface area (Å²) in [6, 6.07) is 3.08. The molecule has 106 valence electrons. The first kappa shape index (κ1) is 12.3. The number of nitrogens with one attached hydrogen (secondary N) is 1. The fraction of sp³-hybridized carbons (Fsp3) is 0.625. The van der Waals surface area contributed by atoms with Crippen LogP contribution in [0.5, 0.6) is 0 Å². The van der Waals surface area contributed by atoms with Gasteiger partial charge in [-0.2, -0.15) is 4.39 Å². The van der Waals surface area contributed by atoms with Gasteiger partial charge in [0.25, 0.3) is 5.91 Å². The monoisotopic (exact) mass is 274 g/mol. The van der Waals surface area contributed by atoms with Gasteiger partial charge in [0.15, 0.2) is 0 Å². The van der Waals surface area contributed by atoms with E-state index in [0.717, 1.165) is 24.2 Å². The van der Waals surface area contributed by atoms with Crippen molar-refractivity contribution >= 4 is 5.91 Å². The number of halogens is 1. The average Bonchev–Trinajstić information content (AvgIpc) is 3.10. The van der Waals surface area contributed by atoms with Crippen LogP contribution in [0.3, 0.4) is 0 Å². The summed E-state index contributed by atoms with van der Waals surface area (Å²) in [5, 5.41) is 3.13. The number of hydrogen-bond donors (Lipinski definition) is 1. The molecule has 3 aliphatic rings. The highest BCUT2D eigenvalue weighted by atomic mass is 19.1. The standard InChI is InChI=1S/C16H19FN2O/c17-15-8-9(4-5-18-15)16(20)19-14-7-10-6-13(14)12-3-1-2-11(10)12/h4-5,8,10-14H,1-3,6-7H2,(H,19,20)/t10-,11-,12+,13-,14+/m1/s1. The Bertz CT molecular complexity index is 547. The van der Waals surface area contributed by atoms with Crippen molar-refractivity contribution in [2.24, 2.45) is 23.7 Å². The molecule has 3 nitrogen and oxygen atoms in total. The van der Waals surface area contributed by atoms with Crippen LogP contribution in [0, 0.1) is 29.6 Å². The number of pyridine rings is 1. The molecule has 1 aromatic heterocycles. The Kier molecular flexibility index (Phi) is 2.79. The zero-order valence-corrected chi connectivity index (χ0v) is 11.4. The minimum atomic E-state index is -0.596. The molecule has 3 fully saturated rings. The van der Waals surface area contributed by atoms with Gasteiger partial charge in [0, 0.05) is 23.9 Å². The third kappa shape index (κ3) is 1.85. The summed E-state index contributed by atoms with van der Waals surface area (Å²) >= 11 is 0. The average molecular weight is 274 g/mol. The van der Waals surface area contributed by atoms with Crippen molar-refractivity contribution in [2.75, 3.05) is 0 Å². The molecule has 1 aromatic rings. The second-order valence-electron chi connectivity index (χ2n) is 6.60. The lowest BCUT2D eigenvalue weighted by Crippen LogP contribution is -2.42. The van der Waals surface area contributed by atoms with Crippen LogP contribution in [0.15, 0.2) is 18.3 Å². The van der Waals surface area contributed by atoms with Gasteiger partial charge in [-0.1, -0.05) is 6.42 Å². The molecule has 2 bridgehead atoms. The molecule has 0 spiro atoms. The Morgan fingerprint density at radius 2 is 2.10 bits per heavy atom. The predicted octanol–water partition coefficient (Wildman–Crippen LogP) is 2.78. The molecule has 0 saturated heterocycles. The highest BCUT2D eigenvalue weighted by molar-refractivity contribution is 5.94. The van der Waals surface area contributed by atoms with Gasteiger partial charge in [0.1, 0.15) is 0 Å². The Morgan fingerprint density at radius 3 is 2.95 bits per heavy atom. The molecule has 0 aliphatic heterocycles. The topological polar surface area (TPSA) is 42.0 Å². The van der Waals surface area contributed by atoms with Gasteiger partial charge < -0.3 is 5.32 Å². The fourth-order valence-electron chi connectivity index (χ4n) is 5.03. The normalized spacial score (nSPS) is 38.0. The lowest BCUT2D eigenvalue weighted by Gasteiger charge is -2.32. The third-order valence-corrected chi connectivity index (χ3v) is 5.73. The van der Waals surface area contributed by atoms with E-state index < -0.39 is 5.95 Å².